The molecule has 0 aliphatic heterocycles. The van der Waals surface area contributed by atoms with Gasteiger partial charge in [0.15, 0.2) is 0 Å². The standard InChI is InChI=1S/C12H7ClN2O3S/c13-9-3-4-10(19-9)15-11(17)7-5-6(16)1-2-8(7)14-12(15)18/h1-5,16H,(H,14,18). The lowest BCUT2D eigenvalue weighted by Gasteiger charge is -2.04. The maximum absolute atomic E-state index is 12.3. The minimum absolute atomic E-state index is 0.0348. The van der Waals surface area contributed by atoms with E-state index in [1.807, 2.05) is 0 Å². The van der Waals surface area contributed by atoms with E-state index in [0.717, 1.165) is 15.9 Å². The first-order valence-corrected chi connectivity index (χ1v) is 6.49. The van der Waals surface area contributed by atoms with Gasteiger partial charge in [-0.1, -0.05) is 11.6 Å². The molecule has 0 radical (unpaired) electrons. The third-order valence-electron chi connectivity index (χ3n) is 2.66. The van der Waals surface area contributed by atoms with Crippen molar-refractivity contribution in [1.82, 2.24) is 9.55 Å². The number of halogens is 1. The fourth-order valence-electron chi connectivity index (χ4n) is 1.83. The lowest BCUT2D eigenvalue weighted by atomic mass is 10.2. The first-order valence-electron chi connectivity index (χ1n) is 5.30. The minimum Gasteiger partial charge on any atom is -0.508 e. The van der Waals surface area contributed by atoms with Gasteiger partial charge in [-0.15, -0.1) is 11.3 Å². The minimum atomic E-state index is -0.540. The van der Waals surface area contributed by atoms with E-state index in [9.17, 15) is 14.7 Å². The second-order valence-corrected chi connectivity index (χ2v) is 5.57. The predicted octanol–water partition coefficient (Wildman–Crippen LogP) is 2.10. The zero-order chi connectivity index (χ0) is 13.6. The molecule has 2 heterocycles. The number of phenolic OH excluding ortho intramolecular Hbond substituents is 1. The molecule has 2 N–H and O–H groups in total. The summed E-state index contributed by atoms with van der Waals surface area (Å²) in [6.07, 6.45) is 0. The summed E-state index contributed by atoms with van der Waals surface area (Å²) in [5.74, 6) is -0.0348. The Morgan fingerprint density at radius 2 is 2.00 bits per heavy atom. The zero-order valence-corrected chi connectivity index (χ0v) is 11.0. The van der Waals surface area contributed by atoms with Crippen LogP contribution in [0.2, 0.25) is 4.34 Å². The van der Waals surface area contributed by atoms with E-state index >= 15 is 0 Å². The Morgan fingerprint density at radius 1 is 1.21 bits per heavy atom. The maximum Gasteiger partial charge on any atom is 0.334 e. The molecule has 7 heteroatoms. The Morgan fingerprint density at radius 3 is 2.68 bits per heavy atom. The highest BCUT2D eigenvalue weighted by molar-refractivity contribution is 7.18. The largest absolute Gasteiger partial charge is 0.508 e. The molecule has 3 rings (SSSR count). The molecule has 3 aromatic rings. The first kappa shape index (κ1) is 12.0. The van der Waals surface area contributed by atoms with Crippen LogP contribution in [0.25, 0.3) is 15.9 Å². The number of hydrogen-bond acceptors (Lipinski definition) is 4. The van der Waals surface area contributed by atoms with E-state index in [4.69, 9.17) is 11.6 Å². The van der Waals surface area contributed by atoms with Crippen molar-refractivity contribution in [3.05, 3.63) is 55.5 Å². The summed E-state index contributed by atoms with van der Waals surface area (Å²) in [5.41, 5.74) is -0.651. The molecular weight excluding hydrogens is 288 g/mol. The van der Waals surface area contributed by atoms with Gasteiger partial charge in [-0.3, -0.25) is 4.79 Å². The number of H-pyrrole nitrogens is 1. The van der Waals surface area contributed by atoms with Crippen molar-refractivity contribution in [3.63, 3.8) is 0 Å². The molecule has 0 bridgehead atoms. The van der Waals surface area contributed by atoms with Crippen molar-refractivity contribution in [2.45, 2.75) is 0 Å². The number of thiophene rings is 1. The molecule has 0 amide bonds. The van der Waals surface area contributed by atoms with Crippen LogP contribution in [0.1, 0.15) is 0 Å². The van der Waals surface area contributed by atoms with Gasteiger partial charge in [0.2, 0.25) is 0 Å². The third-order valence-corrected chi connectivity index (χ3v) is 3.88. The highest BCUT2D eigenvalue weighted by Crippen LogP contribution is 2.23. The van der Waals surface area contributed by atoms with Gasteiger partial charge in [-0.2, -0.15) is 0 Å². The Bertz CT molecular complexity index is 894. The summed E-state index contributed by atoms with van der Waals surface area (Å²) >= 11 is 6.94. The van der Waals surface area contributed by atoms with Crippen molar-refractivity contribution in [2.75, 3.05) is 0 Å². The average Bonchev–Trinajstić information content (AvgIpc) is 2.77. The van der Waals surface area contributed by atoms with Gasteiger partial charge in [-0.25, -0.2) is 9.36 Å². The number of aromatic amines is 1. The van der Waals surface area contributed by atoms with Gasteiger partial charge in [0.05, 0.1) is 15.2 Å². The number of rotatable bonds is 1. The van der Waals surface area contributed by atoms with E-state index in [0.29, 0.717) is 14.9 Å². The second-order valence-electron chi connectivity index (χ2n) is 3.88. The number of benzene rings is 1. The van der Waals surface area contributed by atoms with E-state index in [1.165, 1.54) is 18.2 Å². The Kier molecular flexibility index (Phi) is 2.69. The Balaban J connectivity index is 2.43. The monoisotopic (exact) mass is 294 g/mol. The summed E-state index contributed by atoms with van der Waals surface area (Å²) in [4.78, 5) is 26.9. The van der Waals surface area contributed by atoms with Crippen LogP contribution in [0, 0.1) is 0 Å². The van der Waals surface area contributed by atoms with Gasteiger partial charge in [0.1, 0.15) is 10.8 Å². The second kappa shape index (κ2) is 4.25. The summed E-state index contributed by atoms with van der Waals surface area (Å²) in [6.45, 7) is 0. The number of aromatic nitrogens is 2. The Hall–Kier alpha value is -2.05. The first-order chi connectivity index (χ1) is 9.06. The number of phenols is 1. The van der Waals surface area contributed by atoms with Gasteiger partial charge < -0.3 is 10.1 Å². The lowest BCUT2D eigenvalue weighted by molar-refractivity contribution is 0.476. The molecule has 0 saturated carbocycles. The van der Waals surface area contributed by atoms with Crippen LogP contribution in [0.15, 0.2) is 39.9 Å². The molecule has 96 valence electrons. The van der Waals surface area contributed by atoms with Crippen LogP contribution in [0.4, 0.5) is 0 Å². The van der Waals surface area contributed by atoms with E-state index in [2.05, 4.69) is 4.98 Å². The molecule has 0 saturated heterocycles. The number of hydrogen-bond donors (Lipinski definition) is 2. The van der Waals surface area contributed by atoms with Crippen molar-refractivity contribution < 1.29 is 5.11 Å². The van der Waals surface area contributed by atoms with Crippen molar-refractivity contribution in [2.24, 2.45) is 0 Å². The molecule has 0 atom stereocenters. The summed E-state index contributed by atoms with van der Waals surface area (Å²) in [5, 5.41) is 10.1. The molecule has 1 aromatic carbocycles. The molecule has 0 aliphatic carbocycles. The highest BCUT2D eigenvalue weighted by atomic mass is 35.5. The van der Waals surface area contributed by atoms with E-state index in [-0.39, 0.29) is 11.1 Å². The van der Waals surface area contributed by atoms with Crippen LogP contribution in [-0.2, 0) is 0 Å². The van der Waals surface area contributed by atoms with Crippen LogP contribution >= 0.6 is 22.9 Å². The van der Waals surface area contributed by atoms with Gasteiger partial charge >= 0.3 is 5.69 Å². The smallest absolute Gasteiger partial charge is 0.334 e. The van der Waals surface area contributed by atoms with Gasteiger partial charge in [-0.05, 0) is 30.3 Å². The zero-order valence-electron chi connectivity index (χ0n) is 9.38. The summed E-state index contributed by atoms with van der Waals surface area (Å²) in [7, 11) is 0. The lowest BCUT2D eigenvalue weighted by Crippen LogP contribution is -2.32. The maximum atomic E-state index is 12.3. The molecule has 5 nitrogen and oxygen atoms in total. The number of aromatic hydroxyl groups is 1. The molecule has 2 aromatic heterocycles. The molecule has 0 fully saturated rings. The van der Waals surface area contributed by atoms with Gasteiger partial charge in [0.25, 0.3) is 5.56 Å². The summed E-state index contributed by atoms with van der Waals surface area (Å²) < 4.78 is 1.48. The van der Waals surface area contributed by atoms with E-state index in [1.54, 1.807) is 12.1 Å². The number of nitrogens with zero attached hydrogens (tertiary/aromatic N) is 1. The van der Waals surface area contributed by atoms with Crippen molar-refractivity contribution >= 4 is 33.8 Å². The number of fused-ring (bicyclic) bond motifs is 1. The van der Waals surface area contributed by atoms with Crippen molar-refractivity contribution in [1.29, 1.82) is 0 Å². The topological polar surface area (TPSA) is 75.1 Å². The van der Waals surface area contributed by atoms with Crippen LogP contribution in [-0.4, -0.2) is 14.7 Å². The highest BCUT2D eigenvalue weighted by Gasteiger charge is 2.11. The fraction of sp³-hybridized carbons (Fsp3) is 0. The fourth-order valence-corrected chi connectivity index (χ4v) is 2.86. The van der Waals surface area contributed by atoms with Crippen LogP contribution < -0.4 is 11.2 Å². The third kappa shape index (κ3) is 1.94. The van der Waals surface area contributed by atoms with Crippen LogP contribution in [0.5, 0.6) is 5.75 Å². The molecule has 0 unspecified atom stereocenters. The van der Waals surface area contributed by atoms with Crippen molar-refractivity contribution in [3.8, 4) is 10.8 Å². The Labute approximate surface area is 115 Å². The number of nitrogens with one attached hydrogen (secondary N) is 1. The molecule has 0 aliphatic rings. The molecule has 19 heavy (non-hydrogen) atoms. The van der Waals surface area contributed by atoms with Crippen LogP contribution in [0.3, 0.4) is 0 Å². The van der Waals surface area contributed by atoms with Gasteiger partial charge in [0, 0.05) is 0 Å². The predicted molar refractivity (Wildman–Crippen MR) is 74.7 cm³/mol. The quantitative estimate of drug-likeness (QED) is 0.722. The van der Waals surface area contributed by atoms with E-state index < -0.39 is 11.2 Å². The normalized spacial score (nSPS) is 11.0. The summed E-state index contributed by atoms with van der Waals surface area (Å²) in [6, 6.07) is 7.42. The SMILES string of the molecule is O=c1[nH]c2ccc(O)cc2c(=O)n1-c1ccc(Cl)s1. The average molecular weight is 295 g/mol. The molecular formula is C12H7ClN2O3S. The molecule has 0 spiro atoms.